The predicted octanol–water partition coefficient (Wildman–Crippen LogP) is 4.99. The average molecular weight is 294 g/mol. The van der Waals surface area contributed by atoms with Crippen LogP contribution in [-0.2, 0) is 9.53 Å². The molecule has 0 heterocycles. The molecule has 0 unspecified atom stereocenters. The van der Waals surface area contributed by atoms with Crippen LogP contribution in [0.5, 0.6) is 0 Å². The van der Waals surface area contributed by atoms with Crippen molar-refractivity contribution in [1.82, 2.24) is 0 Å². The summed E-state index contributed by atoms with van der Waals surface area (Å²) in [6.07, 6.45) is 7.29. The first-order chi connectivity index (χ1) is 9.72. The zero-order valence-electron chi connectivity index (χ0n) is 12.7. The first kappa shape index (κ1) is 17.1. The summed E-state index contributed by atoms with van der Waals surface area (Å²) in [5.41, 5.74) is 1.24. The Labute approximate surface area is 127 Å². The fourth-order valence-corrected chi connectivity index (χ4v) is 2.58. The first-order valence-electron chi connectivity index (χ1n) is 7.57. The van der Waals surface area contributed by atoms with Crippen molar-refractivity contribution >= 4 is 17.7 Å². The largest absolute Gasteiger partial charge is 0.465 e. The van der Waals surface area contributed by atoms with Gasteiger partial charge in [-0.25, -0.2) is 0 Å². The Morgan fingerprint density at radius 3 is 2.40 bits per heavy atom. The van der Waals surface area contributed by atoms with Crippen LogP contribution in [0.4, 0.5) is 0 Å². The highest BCUT2D eigenvalue weighted by Crippen LogP contribution is 2.18. The summed E-state index contributed by atoms with van der Waals surface area (Å²) >= 11 is 1.54. The van der Waals surface area contributed by atoms with Crippen LogP contribution in [0.2, 0.25) is 0 Å². The molecule has 0 aliphatic rings. The lowest BCUT2D eigenvalue weighted by Crippen LogP contribution is -2.08. The molecule has 2 nitrogen and oxygen atoms in total. The molecule has 1 aromatic rings. The molecular formula is C17H26O2S. The van der Waals surface area contributed by atoms with Crippen LogP contribution >= 0.6 is 11.8 Å². The van der Waals surface area contributed by atoms with Crippen molar-refractivity contribution in [3.05, 3.63) is 29.8 Å². The molecule has 0 fully saturated rings. The highest BCUT2D eigenvalue weighted by molar-refractivity contribution is 8.00. The van der Waals surface area contributed by atoms with Crippen molar-refractivity contribution in [1.29, 1.82) is 0 Å². The highest BCUT2D eigenvalue weighted by Gasteiger charge is 2.04. The maximum absolute atomic E-state index is 11.6. The molecule has 0 amide bonds. The molecule has 0 atom stereocenters. The summed E-state index contributed by atoms with van der Waals surface area (Å²) in [6.45, 7) is 4.84. The standard InChI is InChI=1S/C17H26O2S/c1-3-4-5-6-7-8-13-19-17(18)14-20-16-11-9-15(2)10-12-16/h9-12H,3-8,13-14H2,1-2H3. The third kappa shape index (κ3) is 8.26. The maximum Gasteiger partial charge on any atom is 0.316 e. The second kappa shape index (κ2) is 10.8. The van der Waals surface area contributed by atoms with Gasteiger partial charge in [-0.1, -0.05) is 56.7 Å². The van der Waals surface area contributed by atoms with Gasteiger partial charge in [0.15, 0.2) is 0 Å². The van der Waals surface area contributed by atoms with E-state index in [2.05, 4.69) is 26.0 Å². The molecule has 112 valence electrons. The van der Waals surface area contributed by atoms with Crippen molar-refractivity contribution in [2.75, 3.05) is 12.4 Å². The Morgan fingerprint density at radius 1 is 1.05 bits per heavy atom. The fourth-order valence-electron chi connectivity index (χ4n) is 1.89. The number of ether oxygens (including phenoxy) is 1. The fraction of sp³-hybridized carbons (Fsp3) is 0.588. The summed E-state index contributed by atoms with van der Waals surface area (Å²) in [4.78, 5) is 12.7. The number of hydrogen-bond acceptors (Lipinski definition) is 3. The van der Waals surface area contributed by atoms with E-state index in [1.165, 1.54) is 49.4 Å². The van der Waals surface area contributed by atoms with Crippen molar-refractivity contribution in [2.45, 2.75) is 57.3 Å². The number of aryl methyl sites for hydroxylation is 1. The number of carbonyl (C=O) groups excluding carboxylic acids is 1. The van der Waals surface area contributed by atoms with E-state index in [0.717, 1.165) is 11.3 Å². The maximum atomic E-state index is 11.6. The van der Waals surface area contributed by atoms with Gasteiger partial charge in [-0.3, -0.25) is 4.79 Å². The lowest BCUT2D eigenvalue weighted by atomic mass is 10.1. The van der Waals surface area contributed by atoms with Crippen molar-refractivity contribution in [3.63, 3.8) is 0 Å². The molecule has 0 aliphatic carbocycles. The van der Waals surface area contributed by atoms with Crippen LogP contribution in [0, 0.1) is 6.92 Å². The third-order valence-electron chi connectivity index (χ3n) is 3.14. The van der Waals surface area contributed by atoms with Crippen LogP contribution in [0.1, 0.15) is 51.0 Å². The third-order valence-corrected chi connectivity index (χ3v) is 4.12. The predicted molar refractivity (Wildman–Crippen MR) is 86.2 cm³/mol. The number of esters is 1. The van der Waals surface area contributed by atoms with Crippen LogP contribution in [0.25, 0.3) is 0 Å². The van der Waals surface area contributed by atoms with Gasteiger partial charge in [-0.15, -0.1) is 11.8 Å². The van der Waals surface area contributed by atoms with Gasteiger partial charge in [-0.2, -0.15) is 0 Å². The Bertz CT molecular complexity index is 373. The topological polar surface area (TPSA) is 26.3 Å². The number of unbranched alkanes of at least 4 members (excludes halogenated alkanes) is 5. The van der Waals surface area contributed by atoms with Gasteiger partial charge >= 0.3 is 5.97 Å². The van der Waals surface area contributed by atoms with Crippen molar-refractivity contribution < 1.29 is 9.53 Å². The summed E-state index contributed by atoms with van der Waals surface area (Å²) < 4.78 is 5.23. The lowest BCUT2D eigenvalue weighted by Gasteiger charge is -2.05. The van der Waals surface area contributed by atoms with Gasteiger partial charge in [0.1, 0.15) is 0 Å². The molecule has 3 heteroatoms. The van der Waals surface area contributed by atoms with Crippen molar-refractivity contribution in [3.8, 4) is 0 Å². The molecule has 0 saturated heterocycles. The van der Waals surface area contributed by atoms with E-state index in [4.69, 9.17) is 4.74 Å². The van der Waals surface area contributed by atoms with Gasteiger partial charge in [-0.05, 0) is 25.5 Å². The van der Waals surface area contributed by atoms with E-state index in [9.17, 15) is 4.79 Å². The Balaban J connectivity index is 2.01. The molecule has 0 aliphatic heterocycles. The summed E-state index contributed by atoms with van der Waals surface area (Å²) in [6, 6.07) is 8.20. The average Bonchev–Trinajstić information content (AvgIpc) is 2.46. The van der Waals surface area contributed by atoms with E-state index >= 15 is 0 Å². The SMILES string of the molecule is CCCCCCCCOC(=O)CSc1ccc(C)cc1. The molecule has 1 aromatic carbocycles. The molecule has 0 spiro atoms. The minimum Gasteiger partial charge on any atom is -0.465 e. The smallest absolute Gasteiger partial charge is 0.316 e. The Kier molecular flexibility index (Phi) is 9.22. The second-order valence-electron chi connectivity index (χ2n) is 5.09. The van der Waals surface area contributed by atoms with E-state index in [1.807, 2.05) is 12.1 Å². The quantitative estimate of drug-likeness (QED) is 0.345. The molecule has 20 heavy (non-hydrogen) atoms. The summed E-state index contributed by atoms with van der Waals surface area (Å²) in [5.74, 6) is 0.294. The number of thioether (sulfide) groups is 1. The normalized spacial score (nSPS) is 10.5. The molecule has 0 N–H and O–H groups in total. The lowest BCUT2D eigenvalue weighted by molar-refractivity contribution is -0.140. The monoisotopic (exact) mass is 294 g/mol. The number of benzene rings is 1. The number of rotatable bonds is 10. The highest BCUT2D eigenvalue weighted by atomic mass is 32.2. The van der Waals surface area contributed by atoms with Crippen LogP contribution in [-0.4, -0.2) is 18.3 Å². The molecule has 0 saturated carbocycles. The van der Waals surface area contributed by atoms with E-state index in [1.54, 1.807) is 0 Å². The Hall–Kier alpha value is -0.960. The van der Waals surface area contributed by atoms with Gasteiger partial charge in [0, 0.05) is 4.90 Å². The number of hydrogen-bond donors (Lipinski definition) is 0. The minimum absolute atomic E-state index is 0.107. The zero-order chi connectivity index (χ0) is 14.6. The number of carbonyl (C=O) groups is 1. The van der Waals surface area contributed by atoms with Crippen LogP contribution in [0.3, 0.4) is 0 Å². The first-order valence-corrected chi connectivity index (χ1v) is 8.56. The van der Waals surface area contributed by atoms with Gasteiger partial charge < -0.3 is 4.74 Å². The summed E-state index contributed by atoms with van der Waals surface area (Å²) in [5, 5.41) is 0. The minimum atomic E-state index is -0.107. The van der Waals surface area contributed by atoms with Gasteiger partial charge in [0.25, 0.3) is 0 Å². The van der Waals surface area contributed by atoms with Gasteiger partial charge in [0.05, 0.1) is 12.4 Å². The molecule has 0 bridgehead atoms. The molecular weight excluding hydrogens is 268 g/mol. The van der Waals surface area contributed by atoms with E-state index in [-0.39, 0.29) is 5.97 Å². The molecule has 0 aromatic heterocycles. The Morgan fingerprint density at radius 2 is 1.70 bits per heavy atom. The second-order valence-corrected chi connectivity index (χ2v) is 6.14. The molecule has 1 rings (SSSR count). The van der Waals surface area contributed by atoms with E-state index < -0.39 is 0 Å². The van der Waals surface area contributed by atoms with Crippen LogP contribution < -0.4 is 0 Å². The van der Waals surface area contributed by atoms with Crippen LogP contribution in [0.15, 0.2) is 29.2 Å². The molecule has 0 radical (unpaired) electrons. The van der Waals surface area contributed by atoms with Crippen molar-refractivity contribution in [2.24, 2.45) is 0 Å². The van der Waals surface area contributed by atoms with Gasteiger partial charge in [0.2, 0.25) is 0 Å². The van der Waals surface area contributed by atoms with E-state index in [0.29, 0.717) is 12.4 Å². The zero-order valence-corrected chi connectivity index (χ0v) is 13.5. The summed E-state index contributed by atoms with van der Waals surface area (Å²) in [7, 11) is 0.